The van der Waals surface area contributed by atoms with Gasteiger partial charge in [0.1, 0.15) is 34.7 Å². The van der Waals surface area contributed by atoms with Gasteiger partial charge in [-0.05, 0) is 149 Å². The van der Waals surface area contributed by atoms with Crippen molar-refractivity contribution in [3.05, 3.63) is 142 Å². The SMILES string of the molecule is C=c1c(-c2cc(F)ccc2OC)cc2c(c1C)N=C1[O+]=NC=21.COc1ccc(F)cc1-c1cc2c(c3c1=CC3)N=C1[O+]=NC=21.COc1ccc(F)cc1-c1cc2c3c(nc2c2cc12)[O+]=N3. The summed E-state index contributed by atoms with van der Waals surface area (Å²) in [6.07, 6.45) is 2.98. The van der Waals surface area contributed by atoms with Gasteiger partial charge < -0.3 is 14.2 Å². The largest absolute Gasteiger partial charge is 0.533 e. The van der Waals surface area contributed by atoms with Crippen LogP contribution in [0.4, 0.5) is 30.2 Å². The third-order valence-corrected chi connectivity index (χ3v) is 12.3. The van der Waals surface area contributed by atoms with Crippen molar-refractivity contribution in [2.75, 3.05) is 21.3 Å². The summed E-state index contributed by atoms with van der Waals surface area (Å²) < 4.78 is 72.0. The number of fused-ring (bicyclic) bond motifs is 11. The average molecular weight is 868 g/mol. The van der Waals surface area contributed by atoms with Crippen LogP contribution in [0.5, 0.6) is 23.1 Å². The van der Waals surface area contributed by atoms with Gasteiger partial charge in [0.25, 0.3) is 0 Å². The normalized spacial score (nSPS) is 14.4. The standard InChI is InChI=1S/C17H10FN2O2.C17H12FN2O2.C16H8FN2O2/c1-21-14-5-2-8(18)6-12(14)11-7-13-15(10-4-3-9(10)11)19-17-16(13)20-22-17;1-8-9(2)15-13(16-17(19-15)22-20-16)7-11(8)12-6-10(18)4-5-14(12)21-3;1-20-13-3-2-7(17)4-10(13)8-6-12-14(11-5-9(8)11)18-16-15(12)19-21-16/h2-3,5-7H,4H2,1H3;4-7H,1H2,2-3H3;2-6H,1H3/q3*+1. The fourth-order valence-corrected chi connectivity index (χ4v) is 8.77. The number of methoxy groups -OCH3 is 3. The topological polar surface area (TPSA) is 136 Å². The number of nitrogens with zero attached hydrogens (tertiary/aromatic N) is 6. The van der Waals surface area contributed by atoms with Crippen LogP contribution >= 0.6 is 0 Å². The maximum atomic E-state index is 13.7. The van der Waals surface area contributed by atoms with Gasteiger partial charge in [0, 0.05) is 37.9 Å². The highest BCUT2D eigenvalue weighted by Crippen LogP contribution is 2.51. The summed E-state index contributed by atoms with van der Waals surface area (Å²) in [6, 6.07) is 21.4. The third-order valence-electron chi connectivity index (χ3n) is 12.3. The molecule has 0 amide bonds. The second-order valence-corrected chi connectivity index (χ2v) is 15.7. The van der Waals surface area contributed by atoms with E-state index in [1.54, 1.807) is 39.5 Å². The zero-order chi connectivity index (χ0) is 44.4. The van der Waals surface area contributed by atoms with Gasteiger partial charge in [-0.15, -0.1) is 0 Å². The van der Waals surface area contributed by atoms with Crippen LogP contribution in [0, 0.1) is 38.0 Å². The molecule has 0 spiro atoms. The van der Waals surface area contributed by atoms with E-state index in [-0.39, 0.29) is 17.5 Å². The second-order valence-electron chi connectivity index (χ2n) is 15.7. The van der Waals surface area contributed by atoms with Gasteiger partial charge >= 0.3 is 34.8 Å². The van der Waals surface area contributed by atoms with Crippen molar-refractivity contribution in [2.45, 2.75) is 13.3 Å². The van der Waals surface area contributed by atoms with Gasteiger partial charge in [0.05, 0.1) is 38.2 Å². The zero-order valence-corrected chi connectivity index (χ0v) is 34.8. The first-order valence-corrected chi connectivity index (χ1v) is 20.3. The Morgan fingerprint density at radius 1 is 0.554 bits per heavy atom. The maximum Gasteiger partial charge on any atom is 0.533 e. The molecular weight excluding hydrogens is 838 g/mol. The molecule has 12 nitrogen and oxygen atoms in total. The van der Waals surface area contributed by atoms with Gasteiger partial charge in [-0.2, -0.15) is 15.0 Å². The van der Waals surface area contributed by atoms with E-state index in [0.717, 1.165) is 116 Å². The summed E-state index contributed by atoms with van der Waals surface area (Å²) in [5, 5.41) is 18.5. The number of aliphatic imine (C=N–C) groups is 2. The first kappa shape index (κ1) is 38.2. The van der Waals surface area contributed by atoms with E-state index in [1.165, 1.54) is 36.4 Å². The number of nitroso groups, excluding NO2 is 3. The molecule has 0 atom stereocenters. The van der Waals surface area contributed by atoms with Gasteiger partial charge in [-0.1, -0.05) is 12.7 Å². The summed E-state index contributed by atoms with van der Waals surface area (Å²) in [5.74, 6) is 2.66. The predicted octanol–water partition coefficient (Wildman–Crippen LogP) is 9.73. The Morgan fingerprint density at radius 2 is 1.11 bits per heavy atom. The van der Waals surface area contributed by atoms with E-state index in [1.807, 2.05) is 31.2 Å². The minimum absolute atomic E-state index is 0.286. The smallest absolute Gasteiger partial charge is 0.496 e. The molecule has 0 N–H and O–H groups in total. The molecule has 15 heteroatoms. The van der Waals surface area contributed by atoms with Crippen LogP contribution in [-0.2, 0) is 6.42 Å². The highest BCUT2D eigenvalue weighted by atomic mass is 19.1. The van der Waals surface area contributed by atoms with E-state index in [0.29, 0.717) is 40.5 Å². The first-order valence-electron chi connectivity index (χ1n) is 20.3. The van der Waals surface area contributed by atoms with Crippen molar-refractivity contribution in [3.63, 3.8) is 0 Å². The molecule has 0 saturated carbocycles. The summed E-state index contributed by atoms with van der Waals surface area (Å²) in [5.41, 5.74) is 11.8. The van der Waals surface area contributed by atoms with Crippen LogP contribution in [0.15, 0.2) is 104 Å². The van der Waals surface area contributed by atoms with Crippen molar-refractivity contribution in [1.29, 1.82) is 0 Å². The number of hydrogen-bond acceptors (Lipinski definition) is 9. The van der Waals surface area contributed by atoms with Gasteiger partial charge in [-0.25, -0.2) is 13.2 Å². The lowest BCUT2D eigenvalue weighted by molar-refractivity contribution is 0.415. The molecule has 8 aromatic rings. The van der Waals surface area contributed by atoms with E-state index in [4.69, 9.17) is 27.8 Å². The Morgan fingerprint density at radius 3 is 1.63 bits per heavy atom. The molecule has 0 saturated heterocycles. The van der Waals surface area contributed by atoms with Crippen LogP contribution in [-0.4, -0.2) is 38.1 Å². The van der Waals surface area contributed by atoms with Crippen molar-refractivity contribution in [2.24, 2.45) is 25.5 Å². The highest BCUT2D eigenvalue weighted by molar-refractivity contribution is 6.31. The van der Waals surface area contributed by atoms with Gasteiger partial charge in [0.2, 0.25) is 0 Å². The second kappa shape index (κ2) is 14.0. The Balaban J connectivity index is 0.000000103. The summed E-state index contributed by atoms with van der Waals surface area (Å²) in [7, 11) is 4.73. The quantitative estimate of drug-likeness (QED) is 0.154. The summed E-state index contributed by atoms with van der Waals surface area (Å²) in [4.78, 5) is 13.3. The molecule has 14 rings (SSSR count). The number of benzene rings is 6. The molecule has 0 fully saturated rings. The molecule has 1 aromatic heterocycles. The van der Waals surface area contributed by atoms with Crippen LogP contribution < -0.4 is 35.1 Å². The highest BCUT2D eigenvalue weighted by Gasteiger charge is 2.43. The van der Waals surface area contributed by atoms with Gasteiger partial charge in [-0.3, -0.25) is 0 Å². The summed E-state index contributed by atoms with van der Waals surface area (Å²) in [6.45, 7) is 6.06. The number of rotatable bonds is 6. The fraction of sp³-hybridized carbons (Fsp3) is 0.100. The van der Waals surface area contributed by atoms with E-state index < -0.39 is 0 Å². The molecular formula is C50H30F3N6O6+3. The monoisotopic (exact) mass is 867 g/mol. The van der Waals surface area contributed by atoms with Crippen molar-refractivity contribution < 1.29 is 27.4 Å². The average Bonchev–Trinajstić information content (AvgIpc) is 3.90. The maximum absolute atomic E-state index is 13.7. The molecule has 7 aromatic carbocycles. The van der Waals surface area contributed by atoms with Crippen LogP contribution in [0.25, 0.3) is 79.1 Å². The molecule has 5 aliphatic heterocycles. The number of aromatic nitrogens is 1. The zero-order valence-electron chi connectivity index (χ0n) is 34.8. The third kappa shape index (κ3) is 5.74. The molecule has 0 radical (unpaired) electrons. The molecule has 65 heavy (non-hydrogen) atoms. The number of hydrogen-bond donors (Lipinski definition) is 0. The molecule has 6 aliphatic rings. The van der Waals surface area contributed by atoms with E-state index in [9.17, 15) is 13.2 Å². The number of halogens is 3. The first-order chi connectivity index (χ1) is 31.6. The Kier molecular flexibility index (Phi) is 8.25. The van der Waals surface area contributed by atoms with E-state index in [2.05, 4.69) is 43.2 Å². The van der Waals surface area contributed by atoms with Crippen LogP contribution in [0.1, 0.15) is 11.1 Å². The molecule has 0 unspecified atom stereocenters. The van der Waals surface area contributed by atoms with Crippen LogP contribution in [0.3, 0.4) is 0 Å². The Labute approximate surface area is 364 Å². The van der Waals surface area contributed by atoms with E-state index >= 15 is 0 Å². The minimum Gasteiger partial charge on any atom is -0.496 e. The Bertz CT molecular complexity index is 3840. The predicted molar refractivity (Wildman–Crippen MR) is 245 cm³/mol. The Hall–Kier alpha value is -8.46. The van der Waals surface area contributed by atoms with Crippen LogP contribution in [0.2, 0.25) is 0 Å². The molecule has 314 valence electrons. The summed E-state index contributed by atoms with van der Waals surface area (Å²) >= 11 is 0. The lowest BCUT2D eigenvalue weighted by Gasteiger charge is -2.17. The van der Waals surface area contributed by atoms with Crippen molar-refractivity contribution in [1.82, 2.24) is 4.98 Å². The van der Waals surface area contributed by atoms with Gasteiger partial charge in [0.15, 0.2) is 15.5 Å². The van der Waals surface area contributed by atoms with Crippen molar-refractivity contribution >= 4 is 74.6 Å². The van der Waals surface area contributed by atoms with Crippen molar-refractivity contribution in [3.8, 4) is 56.5 Å². The minimum atomic E-state index is -0.324. The lowest BCUT2D eigenvalue weighted by Crippen LogP contribution is -2.26. The lowest BCUT2D eigenvalue weighted by atomic mass is 9.88. The molecule has 0 bridgehead atoms. The molecule has 1 aliphatic carbocycles. The molecule has 6 heterocycles. The number of ether oxygens (including phenoxy) is 3. The fourth-order valence-electron chi connectivity index (χ4n) is 8.77.